The molecule has 0 spiro atoms. The van der Waals surface area contributed by atoms with Gasteiger partial charge in [0.05, 0.1) is 5.71 Å². The van der Waals surface area contributed by atoms with E-state index in [9.17, 15) is 4.79 Å². The zero-order valence-corrected chi connectivity index (χ0v) is 10.2. The van der Waals surface area contributed by atoms with E-state index in [4.69, 9.17) is 5.84 Å². The summed E-state index contributed by atoms with van der Waals surface area (Å²) in [5.41, 5.74) is 6.80. The van der Waals surface area contributed by atoms with Gasteiger partial charge in [-0.05, 0) is 0 Å². The molecule has 0 radical (unpaired) electrons. The summed E-state index contributed by atoms with van der Waals surface area (Å²) in [6, 6.07) is 18.6. The van der Waals surface area contributed by atoms with Crippen LogP contribution in [0.3, 0.4) is 0 Å². The molecule has 96 valence electrons. The third kappa shape index (κ3) is 3.40. The SMILES string of the molecule is NNC(=O)NN=C(c1ccccc1)c1ccccc1. The van der Waals surface area contributed by atoms with Gasteiger partial charge in [-0.2, -0.15) is 5.10 Å². The second-order valence-electron chi connectivity index (χ2n) is 3.78. The molecule has 4 N–H and O–H groups in total. The molecule has 2 rings (SSSR count). The van der Waals surface area contributed by atoms with Gasteiger partial charge in [-0.25, -0.2) is 16.1 Å². The summed E-state index contributed by atoms with van der Waals surface area (Å²) in [6.45, 7) is 0. The molecule has 0 atom stereocenters. The van der Waals surface area contributed by atoms with Crippen molar-refractivity contribution < 1.29 is 4.79 Å². The number of rotatable bonds is 3. The first-order valence-electron chi connectivity index (χ1n) is 5.76. The zero-order valence-electron chi connectivity index (χ0n) is 10.2. The van der Waals surface area contributed by atoms with Crippen LogP contribution < -0.4 is 16.7 Å². The Bertz CT molecular complexity index is 525. The van der Waals surface area contributed by atoms with Crippen molar-refractivity contribution in [3.8, 4) is 0 Å². The fourth-order valence-electron chi connectivity index (χ4n) is 1.63. The molecule has 2 aromatic carbocycles. The van der Waals surface area contributed by atoms with Crippen LogP contribution >= 0.6 is 0 Å². The van der Waals surface area contributed by atoms with E-state index in [2.05, 4.69) is 10.5 Å². The van der Waals surface area contributed by atoms with Gasteiger partial charge in [0.15, 0.2) is 0 Å². The predicted molar refractivity (Wildman–Crippen MR) is 74.4 cm³/mol. The third-order valence-electron chi connectivity index (χ3n) is 2.49. The fourth-order valence-corrected chi connectivity index (χ4v) is 1.63. The predicted octanol–water partition coefficient (Wildman–Crippen LogP) is 1.61. The Morgan fingerprint density at radius 2 is 1.37 bits per heavy atom. The van der Waals surface area contributed by atoms with Gasteiger partial charge in [0.1, 0.15) is 0 Å². The van der Waals surface area contributed by atoms with E-state index in [0.29, 0.717) is 5.71 Å². The molecule has 2 amide bonds. The van der Waals surface area contributed by atoms with Crippen molar-refractivity contribution in [3.05, 3.63) is 71.8 Å². The van der Waals surface area contributed by atoms with Gasteiger partial charge in [-0.15, -0.1) is 0 Å². The molecule has 2 aromatic rings. The van der Waals surface area contributed by atoms with Crippen molar-refractivity contribution >= 4 is 11.7 Å². The number of nitrogens with zero attached hydrogens (tertiary/aromatic N) is 1. The Kier molecular flexibility index (Phi) is 4.25. The quantitative estimate of drug-likeness (QED) is 0.337. The molecule has 0 heterocycles. The van der Waals surface area contributed by atoms with E-state index >= 15 is 0 Å². The summed E-state index contributed by atoms with van der Waals surface area (Å²) >= 11 is 0. The molecule has 0 saturated heterocycles. The fraction of sp³-hybridized carbons (Fsp3) is 0. The highest BCUT2D eigenvalue weighted by molar-refractivity contribution is 6.13. The molecule has 0 unspecified atom stereocenters. The average molecular weight is 254 g/mol. The lowest BCUT2D eigenvalue weighted by atomic mass is 10.0. The number of nitrogens with two attached hydrogens (primary N) is 1. The molecule has 0 aliphatic carbocycles. The third-order valence-corrected chi connectivity index (χ3v) is 2.49. The number of urea groups is 1. The van der Waals surface area contributed by atoms with Gasteiger partial charge in [0.2, 0.25) is 0 Å². The summed E-state index contributed by atoms with van der Waals surface area (Å²) in [4.78, 5) is 11.1. The van der Waals surface area contributed by atoms with E-state index in [1.807, 2.05) is 66.1 Å². The molecule has 0 bridgehead atoms. The number of benzene rings is 2. The number of carbonyl (C=O) groups is 1. The van der Waals surface area contributed by atoms with Crippen molar-refractivity contribution in [2.45, 2.75) is 0 Å². The molecule has 0 aliphatic heterocycles. The zero-order chi connectivity index (χ0) is 13.5. The van der Waals surface area contributed by atoms with Crippen molar-refractivity contribution in [1.82, 2.24) is 10.9 Å². The Morgan fingerprint density at radius 3 is 1.79 bits per heavy atom. The van der Waals surface area contributed by atoms with E-state index < -0.39 is 6.03 Å². The lowest BCUT2D eigenvalue weighted by Gasteiger charge is -2.07. The van der Waals surface area contributed by atoms with Gasteiger partial charge < -0.3 is 0 Å². The van der Waals surface area contributed by atoms with Gasteiger partial charge >= 0.3 is 6.03 Å². The van der Waals surface area contributed by atoms with Crippen LogP contribution in [-0.4, -0.2) is 11.7 Å². The van der Waals surface area contributed by atoms with Crippen LogP contribution in [0.25, 0.3) is 0 Å². The van der Waals surface area contributed by atoms with Gasteiger partial charge in [-0.1, -0.05) is 60.7 Å². The minimum Gasteiger partial charge on any atom is -0.274 e. The van der Waals surface area contributed by atoms with Gasteiger partial charge in [0, 0.05) is 11.1 Å². The van der Waals surface area contributed by atoms with E-state index in [-0.39, 0.29) is 0 Å². The van der Waals surface area contributed by atoms with Crippen molar-refractivity contribution in [1.29, 1.82) is 0 Å². The van der Waals surface area contributed by atoms with E-state index in [1.165, 1.54) is 0 Å². The maximum atomic E-state index is 11.1. The minimum atomic E-state index is -0.565. The van der Waals surface area contributed by atoms with Crippen LogP contribution in [0.2, 0.25) is 0 Å². The Labute approximate surface area is 111 Å². The smallest absolute Gasteiger partial charge is 0.274 e. The maximum absolute atomic E-state index is 11.1. The number of hydrazone groups is 1. The van der Waals surface area contributed by atoms with E-state index in [0.717, 1.165) is 11.1 Å². The van der Waals surface area contributed by atoms with Crippen molar-refractivity contribution in [2.75, 3.05) is 0 Å². The number of hydrogen-bond acceptors (Lipinski definition) is 3. The molecule has 5 heteroatoms. The largest absolute Gasteiger partial charge is 0.349 e. The highest BCUT2D eigenvalue weighted by atomic mass is 16.2. The molecule has 19 heavy (non-hydrogen) atoms. The highest BCUT2D eigenvalue weighted by Crippen LogP contribution is 2.10. The summed E-state index contributed by atoms with van der Waals surface area (Å²) in [5, 5.41) is 4.11. The molecule has 5 nitrogen and oxygen atoms in total. The second-order valence-corrected chi connectivity index (χ2v) is 3.78. The van der Waals surface area contributed by atoms with Gasteiger partial charge in [0.25, 0.3) is 0 Å². The Morgan fingerprint density at radius 1 is 0.895 bits per heavy atom. The first-order chi connectivity index (χ1) is 9.31. The molecular weight excluding hydrogens is 240 g/mol. The summed E-state index contributed by atoms with van der Waals surface area (Å²) in [6.07, 6.45) is 0. The van der Waals surface area contributed by atoms with Crippen LogP contribution in [0.1, 0.15) is 11.1 Å². The highest BCUT2D eigenvalue weighted by Gasteiger charge is 2.06. The van der Waals surface area contributed by atoms with Crippen LogP contribution in [-0.2, 0) is 0 Å². The molecular formula is C14H14N4O. The lowest BCUT2D eigenvalue weighted by molar-refractivity contribution is 0.241. The number of carbonyl (C=O) groups excluding carboxylic acids is 1. The standard InChI is InChI=1S/C14H14N4O/c15-16-14(19)18-17-13(11-7-3-1-4-8-11)12-9-5-2-6-10-12/h1-10H,15H2,(H2,16,18,19). The lowest BCUT2D eigenvalue weighted by Crippen LogP contribution is -2.37. The normalized spacial score (nSPS) is 9.53. The summed E-state index contributed by atoms with van der Waals surface area (Å²) in [5.74, 6) is 5.00. The first kappa shape index (κ1) is 12.8. The minimum absolute atomic E-state index is 0.565. The monoisotopic (exact) mass is 254 g/mol. The van der Waals surface area contributed by atoms with Crippen LogP contribution in [0.4, 0.5) is 4.79 Å². The molecule has 0 aromatic heterocycles. The first-order valence-corrected chi connectivity index (χ1v) is 5.76. The van der Waals surface area contributed by atoms with Gasteiger partial charge in [-0.3, -0.25) is 5.43 Å². The average Bonchev–Trinajstić information content (AvgIpc) is 2.49. The summed E-state index contributed by atoms with van der Waals surface area (Å²) < 4.78 is 0. The van der Waals surface area contributed by atoms with Crippen LogP contribution in [0, 0.1) is 0 Å². The van der Waals surface area contributed by atoms with Crippen molar-refractivity contribution in [2.24, 2.45) is 10.9 Å². The molecule has 0 fully saturated rings. The molecule has 0 saturated carbocycles. The molecule has 0 aliphatic rings. The number of amides is 2. The number of nitrogens with one attached hydrogen (secondary N) is 2. The Hall–Kier alpha value is -2.66. The number of hydrogen-bond donors (Lipinski definition) is 3. The Balaban J connectivity index is 2.37. The van der Waals surface area contributed by atoms with Crippen molar-refractivity contribution in [3.63, 3.8) is 0 Å². The van der Waals surface area contributed by atoms with Crippen LogP contribution in [0.15, 0.2) is 65.8 Å². The second kappa shape index (κ2) is 6.32. The maximum Gasteiger partial charge on any atom is 0.349 e. The topological polar surface area (TPSA) is 79.5 Å². The summed E-state index contributed by atoms with van der Waals surface area (Å²) in [7, 11) is 0. The van der Waals surface area contributed by atoms with E-state index in [1.54, 1.807) is 0 Å². The number of hydrazine groups is 1. The van der Waals surface area contributed by atoms with Crippen LogP contribution in [0.5, 0.6) is 0 Å².